The number of methoxy groups -OCH3 is 1. The predicted molar refractivity (Wildman–Crippen MR) is 116 cm³/mol. The van der Waals surface area contributed by atoms with Crippen molar-refractivity contribution < 1.29 is 13.9 Å². The fourth-order valence-corrected chi connectivity index (χ4v) is 3.49. The van der Waals surface area contributed by atoms with Gasteiger partial charge in [0, 0.05) is 17.0 Å². The van der Waals surface area contributed by atoms with Crippen LogP contribution in [0.5, 0.6) is 17.5 Å². The second kappa shape index (κ2) is 7.63. The van der Waals surface area contributed by atoms with Crippen molar-refractivity contribution in [3.63, 3.8) is 0 Å². The molecule has 0 unspecified atom stereocenters. The summed E-state index contributed by atoms with van der Waals surface area (Å²) < 4.78 is 17.4. The van der Waals surface area contributed by atoms with Crippen molar-refractivity contribution in [1.82, 2.24) is 9.97 Å². The normalized spacial score (nSPS) is 11.0. The summed E-state index contributed by atoms with van der Waals surface area (Å²) in [6, 6.07) is 13.0. The van der Waals surface area contributed by atoms with E-state index >= 15 is 0 Å². The molecule has 2 heterocycles. The maximum atomic E-state index is 13.5. The second-order valence-corrected chi connectivity index (χ2v) is 7.31. The minimum absolute atomic E-state index is 0.0580. The SMILES string of the molecule is COc1ccc(-c2oc3c(C)cc(C)cc3c(=O)c2Oc2nc(C)cc(C)n2)cc1. The summed E-state index contributed by atoms with van der Waals surface area (Å²) >= 11 is 0. The Balaban J connectivity index is 1.99. The van der Waals surface area contributed by atoms with E-state index in [2.05, 4.69) is 9.97 Å². The Morgan fingerprint density at radius 3 is 2.20 bits per heavy atom. The van der Waals surface area contributed by atoms with E-state index in [1.807, 2.05) is 52.0 Å². The lowest BCUT2D eigenvalue weighted by Gasteiger charge is -2.13. The zero-order valence-electron chi connectivity index (χ0n) is 17.6. The first-order chi connectivity index (χ1) is 14.4. The van der Waals surface area contributed by atoms with E-state index in [-0.39, 0.29) is 17.2 Å². The van der Waals surface area contributed by atoms with Crippen molar-refractivity contribution in [3.05, 3.63) is 75.2 Å². The largest absolute Gasteiger partial charge is 0.497 e. The quantitative estimate of drug-likeness (QED) is 0.462. The molecule has 30 heavy (non-hydrogen) atoms. The van der Waals surface area contributed by atoms with Gasteiger partial charge in [0.25, 0.3) is 0 Å². The van der Waals surface area contributed by atoms with E-state index in [9.17, 15) is 4.79 Å². The smallest absolute Gasteiger partial charge is 0.322 e. The van der Waals surface area contributed by atoms with Gasteiger partial charge < -0.3 is 13.9 Å². The molecule has 0 aliphatic heterocycles. The van der Waals surface area contributed by atoms with Crippen LogP contribution in [0.3, 0.4) is 0 Å². The van der Waals surface area contributed by atoms with Crippen molar-refractivity contribution in [1.29, 1.82) is 0 Å². The molecule has 0 N–H and O–H groups in total. The first-order valence-electron chi connectivity index (χ1n) is 9.58. The summed E-state index contributed by atoms with van der Waals surface area (Å²) in [6.07, 6.45) is 0. The molecular weight excluding hydrogens is 380 g/mol. The molecule has 0 radical (unpaired) electrons. The first-order valence-corrected chi connectivity index (χ1v) is 9.58. The van der Waals surface area contributed by atoms with Crippen LogP contribution in [-0.4, -0.2) is 17.1 Å². The number of aryl methyl sites for hydroxylation is 4. The maximum Gasteiger partial charge on any atom is 0.322 e. The topological polar surface area (TPSA) is 74.5 Å². The van der Waals surface area contributed by atoms with Crippen LogP contribution in [0.1, 0.15) is 22.5 Å². The number of ether oxygens (including phenoxy) is 2. The van der Waals surface area contributed by atoms with Crippen LogP contribution in [0, 0.1) is 27.7 Å². The molecule has 0 aliphatic rings. The van der Waals surface area contributed by atoms with Gasteiger partial charge in [-0.2, -0.15) is 0 Å². The van der Waals surface area contributed by atoms with Crippen LogP contribution >= 0.6 is 0 Å². The lowest BCUT2D eigenvalue weighted by Crippen LogP contribution is -2.10. The monoisotopic (exact) mass is 402 g/mol. The zero-order chi connectivity index (χ0) is 21.4. The lowest BCUT2D eigenvalue weighted by atomic mass is 10.1. The second-order valence-electron chi connectivity index (χ2n) is 7.31. The third-order valence-electron chi connectivity index (χ3n) is 4.79. The number of rotatable bonds is 4. The molecule has 0 saturated heterocycles. The lowest BCUT2D eigenvalue weighted by molar-refractivity contribution is 0.414. The van der Waals surface area contributed by atoms with Gasteiger partial charge in [0.2, 0.25) is 11.2 Å². The van der Waals surface area contributed by atoms with E-state index in [1.165, 1.54) is 0 Å². The van der Waals surface area contributed by atoms with Crippen molar-refractivity contribution in [2.45, 2.75) is 27.7 Å². The van der Waals surface area contributed by atoms with Gasteiger partial charge in [-0.05, 0) is 75.2 Å². The number of aromatic nitrogens is 2. The van der Waals surface area contributed by atoms with E-state index in [4.69, 9.17) is 13.9 Å². The van der Waals surface area contributed by atoms with Crippen molar-refractivity contribution in [2.75, 3.05) is 7.11 Å². The number of hydrogen-bond donors (Lipinski definition) is 0. The maximum absolute atomic E-state index is 13.5. The summed E-state index contributed by atoms with van der Waals surface area (Å²) in [5.41, 5.74) is 4.31. The summed E-state index contributed by atoms with van der Waals surface area (Å²) in [6.45, 7) is 7.56. The molecule has 4 aromatic rings. The molecule has 2 aromatic heterocycles. The van der Waals surface area contributed by atoms with Crippen LogP contribution < -0.4 is 14.9 Å². The van der Waals surface area contributed by atoms with Gasteiger partial charge in [-0.3, -0.25) is 4.79 Å². The van der Waals surface area contributed by atoms with Gasteiger partial charge in [0.05, 0.1) is 12.5 Å². The molecule has 0 spiro atoms. The highest BCUT2D eigenvalue weighted by atomic mass is 16.5. The molecule has 0 fully saturated rings. The van der Waals surface area contributed by atoms with Crippen molar-refractivity contribution >= 4 is 11.0 Å². The number of fused-ring (bicyclic) bond motifs is 1. The molecule has 6 nitrogen and oxygen atoms in total. The van der Waals surface area contributed by atoms with E-state index in [0.29, 0.717) is 28.0 Å². The van der Waals surface area contributed by atoms with E-state index < -0.39 is 0 Å². The van der Waals surface area contributed by atoms with Gasteiger partial charge in [-0.15, -0.1) is 0 Å². The van der Waals surface area contributed by atoms with E-state index in [0.717, 1.165) is 22.5 Å². The zero-order valence-corrected chi connectivity index (χ0v) is 17.6. The van der Waals surface area contributed by atoms with Crippen molar-refractivity contribution in [2.24, 2.45) is 0 Å². The molecule has 2 aromatic carbocycles. The Hall–Kier alpha value is -3.67. The van der Waals surface area contributed by atoms with Crippen LogP contribution in [0.2, 0.25) is 0 Å². The number of benzene rings is 2. The first kappa shape index (κ1) is 19.6. The molecule has 6 heteroatoms. The molecule has 0 atom stereocenters. The molecule has 0 bridgehead atoms. The highest BCUT2D eigenvalue weighted by molar-refractivity contribution is 5.85. The Bertz CT molecular complexity index is 1290. The van der Waals surface area contributed by atoms with Crippen LogP contribution in [0.25, 0.3) is 22.3 Å². The minimum Gasteiger partial charge on any atom is -0.497 e. The highest BCUT2D eigenvalue weighted by Gasteiger charge is 2.21. The molecule has 0 saturated carbocycles. The van der Waals surface area contributed by atoms with Gasteiger partial charge in [0.15, 0.2) is 5.76 Å². The summed E-state index contributed by atoms with van der Waals surface area (Å²) in [5, 5.41) is 0.462. The Morgan fingerprint density at radius 2 is 1.57 bits per heavy atom. The number of nitrogens with zero attached hydrogens (tertiary/aromatic N) is 2. The predicted octanol–water partition coefficient (Wildman–Crippen LogP) is 5.28. The standard InChI is InChI=1S/C24H22N2O4/c1-13-10-14(2)21-19(11-13)20(27)23(30-24-25-15(3)12-16(4)26-24)22(29-21)17-6-8-18(28-5)9-7-17/h6-12H,1-5H3. The van der Waals surface area contributed by atoms with Gasteiger partial charge in [-0.25, -0.2) is 9.97 Å². The van der Waals surface area contributed by atoms with Crippen LogP contribution in [-0.2, 0) is 0 Å². The van der Waals surface area contributed by atoms with Gasteiger partial charge >= 0.3 is 6.01 Å². The fourth-order valence-electron chi connectivity index (χ4n) is 3.49. The van der Waals surface area contributed by atoms with Gasteiger partial charge in [-0.1, -0.05) is 6.07 Å². The van der Waals surface area contributed by atoms with E-state index in [1.54, 1.807) is 25.3 Å². The fraction of sp³-hybridized carbons (Fsp3) is 0.208. The van der Waals surface area contributed by atoms with Crippen molar-refractivity contribution in [3.8, 4) is 28.8 Å². The van der Waals surface area contributed by atoms with Gasteiger partial charge in [0.1, 0.15) is 11.3 Å². The minimum atomic E-state index is -0.267. The summed E-state index contributed by atoms with van der Waals surface area (Å²) in [5.74, 6) is 1.08. The summed E-state index contributed by atoms with van der Waals surface area (Å²) in [4.78, 5) is 22.1. The highest BCUT2D eigenvalue weighted by Crippen LogP contribution is 2.35. The van der Waals surface area contributed by atoms with Crippen LogP contribution in [0.15, 0.2) is 51.7 Å². The third kappa shape index (κ3) is 3.64. The average molecular weight is 402 g/mol. The Morgan fingerprint density at radius 1 is 0.900 bits per heavy atom. The Kier molecular flexibility index (Phi) is 4.99. The molecule has 152 valence electrons. The summed E-state index contributed by atoms with van der Waals surface area (Å²) in [7, 11) is 1.60. The molecular formula is C24H22N2O4. The number of hydrogen-bond acceptors (Lipinski definition) is 6. The molecule has 0 amide bonds. The average Bonchev–Trinajstić information content (AvgIpc) is 2.70. The third-order valence-corrected chi connectivity index (χ3v) is 4.79. The Labute approximate surface area is 174 Å². The molecule has 4 rings (SSSR count). The molecule has 0 aliphatic carbocycles. The van der Waals surface area contributed by atoms with Crippen LogP contribution in [0.4, 0.5) is 0 Å².